The van der Waals surface area contributed by atoms with Crippen LogP contribution in [0.3, 0.4) is 0 Å². The lowest BCUT2D eigenvalue weighted by atomic mass is 10.2. The lowest BCUT2D eigenvalue weighted by Crippen LogP contribution is -2.23. The first-order chi connectivity index (χ1) is 9.53. The van der Waals surface area contributed by atoms with E-state index in [4.69, 9.17) is 0 Å². The van der Waals surface area contributed by atoms with Gasteiger partial charge in [-0.05, 0) is 31.2 Å². The van der Waals surface area contributed by atoms with E-state index in [0.29, 0.717) is 12.4 Å². The van der Waals surface area contributed by atoms with Crippen LogP contribution in [0.5, 0.6) is 0 Å². The van der Waals surface area contributed by atoms with Crippen molar-refractivity contribution in [3.05, 3.63) is 36.4 Å². The van der Waals surface area contributed by atoms with Gasteiger partial charge >= 0.3 is 0 Å². The Bertz CT molecular complexity index is 637. The van der Waals surface area contributed by atoms with Crippen molar-refractivity contribution in [1.29, 1.82) is 0 Å². The molecule has 8 heteroatoms. The molecule has 108 valence electrons. The minimum Gasteiger partial charge on any atom is -0.375 e. The van der Waals surface area contributed by atoms with Crippen molar-refractivity contribution in [2.24, 2.45) is 0 Å². The summed E-state index contributed by atoms with van der Waals surface area (Å²) in [5, 5.41) is 9.77. The smallest absolute Gasteiger partial charge is 0.240 e. The van der Waals surface area contributed by atoms with Crippen LogP contribution in [-0.2, 0) is 10.0 Å². The third-order valence-corrected chi connectivity index (χ3v) is 4.29. The molecule has 0 aliphatic rings. The molecular weight excluding hydrogens is 278 g/mol. The van der Waals surface area contributed by atoms with Crippen LogP contribution >= 0.6 is 0 Å². The summed E-state index contributed by atoms with van der Waals surface area (Å²) in [4.78, 5) is 4.31. The number of hydrogen-bond acceptors (Lipinski definition) is 5. The van der Waals surface area contributed by atoms with Gasteiger partial charge in [-0.3, -0.25) is 5.10 Å². The molecule has 0 aliphatic heterocycles. The zero-order valence-electron chi connectivity index (χ0n) is 11.3. The van der Waals surface area contributed by atoms with Gasteiger partial charge in [-0.25, -0.2) is 18.1 Å². The van der Waals surface area contributed by atoms with Gasteiger partial charge in [0.1, 0.15) is 12.2 Å². The summed E-state index contributed by atoms with van der Waals surface area (Å²) in [5.41, 5.74) is 0.810. The van der Waals surface area contributed by atoms with Gasteiger partial charge < -0.3 is 5.32 Å². The van der Waals surface area contributed by atoms with Crippen molar-refractivity contribution in [2.45, 2.75) is 24.8 Å². The molecule has 0 amide bonds. The van der Waals surface area contributed by atoms with Crippen LogP contribution in [0.4, 0.5) is 5.69 Å². The summed E-state index contributed by atoms with van der Waals surface area (Å²) in [5.74, 6) is 0.717. The Morgan fingerprint density at radius 2 is 2.00 bits per heavy atom. The maximum Gasteiger partial charge on any atom is 0.240 e. The predicted octanol–water partition coefficient (Wildman–Crippen LogP) is 1.28. The number of H-pyrrole nitrogens is 1. The van der Waals surface area contributed by atoms with Gasteiger partial charge in [0, 0.05) is 12.2 Å². The largest absolute Gasteiger partial charge is 0.375 e. The molecule has 0 saturated carbocycles. The van der Waals surface area contributed by atoms with Crippen LogP contribution in [0.15, 0.2) is 35.5 Å². The number of benzene rings is 1. The molecule has 0 aliphatic carbocycles. The molecule has 0 fully saturated rings. The van der Waals surface area contributed by atoms with E-state index in [0.717, 1.165) is 5.69 Å². The van der Waals surface area contributed by atoms with Gasteiger partial charge in [0.25, 0.3) is 0 Å². The second kappa shape index (κ2) is 6.02. The van der Waals surface area contributed by atoms with Crippen molar-refractivity contribution >= 4 is 15.7 Å². The van der Waals surface area contributed by atoms with Crippen LogP contribution in [0.1, 0.15) is 25.7 Å². The molecule has 1 aromatic carbocycles. The number of aromatic amines is 1. The highest BCUT2D eigenvalue weighted by atomic mass is 32.2. The molecule has 3 N–H and O–H groups in total. The van der Waals surface area contributed by atoms with Crippen molar-refractivity contribution in [1.82, 2.24) is 19.9 Å². The van der Waals surface area contributed by atoms with E-state index in [1.54, 1.807) is 31.2 Å². The second-order valence-electron chi connectivity index (χ2n) is 4.26. The highest BCUT2D eigenvalue weighted by Gasteiger charge is 2.13. The van der Waals surface area contributed by atoms with Crippen LogP contribution in [-0.4, -0.2) is 30.1 Å². The third kappa shape index (κ3) is 3.34. The summed E-state index contributed by atoms with van der Waals surface area (Å²) in [6.45, 7) is 4.04. The highest BCUT2D eigenvalue weighted by molar-refractivity contribution is 7.89. The molecule has 2 aromatic rings. The standard InChI is InChI=1S/C12H17N5O2S/c1-3-15-20(18,19)11-6-4-10(5-7-11)16-9(2)12-13-8-14-17-12/h4-9,15-16H,3H2,1-2H3,(H,13,14,17). The van der Waals surface area contributed by atoms with Gasteiger partial charge in [0.15, 0.2) is 0 Å². The molecule has 1 heterocycles. The maximum atomic E-state index is 11.8. The first-order valence-corrected chi connectivity index (χ1v) is 7.73. The number of rotatable bonds is 6. The SMILES string of the molecule is CCNS(=O)(=O)c1ccc(NC(C)c2ncn[nH]2)cc1. The molecule has 2 rings (SSSR count). The lowest BCUT2D eigenvalue weighted by molar-refractivity contribution is 0.584. The van der Waals surface area contributed by atoms with Crippen LogP contribution < -0.4 is 10.0 Å². The average Bonchev–Trinajstić information content (AvgIpc) is 2.93. The quantitative estimate of drug-likeness (QED) is 0.745. The Balaban J connectivity index is 2.09. The number of hydrogen-bond donors (Lipinski definition) is 3. The molecule has 1 atom stereocenters. The van der Waals surface area contributed by atoms with Crippen molar-refractivity contribution < 1.29 is 8.42 Å². The molecule has 0 spiro atoms. The Morgan fingerprint density at radius 1 is 1.30 bits per heavy atom. The Labute approximate surface area is 117 Å². The first kappa shape index (κ1) is 14.5. The van der Waals surface area contributed by atoms with E-state index in [-0.39, 0.29) is 10.9 Å². The molecule has 0 radical (unpaired) electrons. The molecular formula is C12H17N5O2S. The summed E-state index contributed by atoms with van der Waals surface area (Å²) in [6, 6.07) is 6.52. The number of nitrogens with zero attached hydrogens (tertiary/aromatic N) is 2. The highest BCUT2D eigenvalue weighted by Crippen LogP contribution is 2.18. The van der Waals surface area contributed by atoms with Gasteiger partial charge in [0.2, 0.25) is 10.0 Å². The molecule has 7 nitrogen and oxygen atoms in total. The van der Waals surface area contributed by atoms with Gasteiger partial charge in [-0.2, -0.15) is 5.10 Å². The summed E-state index contributed by atoms with van der Waals surface area (Å²) in [6.07, 6.45) is 1.44. The maximum absolute atomic E-state index is 11.8. The summed E-state index contributed by atoms with van der Waals surface area (Å²) in [7, 11) is -3.41. The van der Waals surface area contributed by atoms with Crippen molar-refractivity contribution in [3.8, 4) is 0 Å². The number of aromatic nitrogens is 3. The normalized spacial score (nSPS) is 13.1. The van der Waals surface area contributed by atoms with E-state index in [1.165, 1.54) is 6.33 Å². The predicted molar refractivity (Wildman–Crippen MR) is 75.7 cm³/mol. The van der Waals surface area contributed by atoms with Gasteiger partial charge in [-0.15, -0.1) is 0 Å². The van der Waals surface area contributed by atoms with E-state index in [9.17, 15) is 8.42 Å². The minimum atomic E-state index is -3.41. The van der Waals surface area contributed by atoms with Crippen LogP contribution in [0.2, 0.25) is 0 Å². The number of anilines is 1. The number of sulfonamides is 1. The van der Waals surface area contributed by atoms with Crippen LogP contribution in [0.25, 0.3) is 0 Å². The molecule has 20 heavy (non-hydrogen) atoms. The van der Waals surface area contributed by atoms with E-state index in [2.05, 4.69) is 25.2 Å². The Morgan fingerprint density at radius 3 is 2.55 bits per heavy atom. The lowest BCUT2D eigenvalue weighted by Gasteiger charge is -2.13. The fourth-order valence-corrected chi connectivity index (χ4v) is 2.79. The second-order valence-corrected chi connectivity index (χ2v) is 6.03. The van der Waals surface area contributed by atoms with Gasteiger partial charge in [-0.1, -0.05) is 6.92 Å². The molecule has 0 saturated heterocycles. The fraction of sp³-hybridized carbons (Fsp3) is 0.333. The molecule has 0 bridgehead atoms. The zero-order valence-corrected chi connectivity index (χ0v) is 12.1. The summed E-state index contributed by atoms with van der Waals surface area (Å²) >= 11 is 0. The molecule has 1 aromatic heterocycles. The topological polar surface area (TPSA) is 99.8 Å². The van der Waals surface area contributed by atoms with Gasteiger partial charge in [0.05, 0.1) is 10.9 Å². The van der Waals surface area contributed by atoms with Crippen LogP contribution in [0, 0.1) is 0 Å². The van der Waals surface area contributed by atoms with E-state index >= 15 is 0 Å². The summed E-state index contributed by atoms with van der Waals surface area (Å²) < 4.78 is 26.0. The van der Waals surface area contributed by atoms with Crippen molar-refractivity contribution in [2.75, 3.05) is 11.9 Å². The number of nitrogens with one attached hydrogen (secondary N) is 3. The third-order valence-electron chi connectivity index (χ3n) is 2.73. The van der Waals surface area contributed by atoms with E-state index < -0.39 is 10.0 Å². The van der Waals surface area contributed by atoms with E-state index in [1.807, 2.05) is 6.92 Å². The van der Waals surface area contributed by atoms with Crippen molar-refractivity contribution in [3.63, 3.8) is 0 Å². The minimum absolute atomic E-state index is 0.0475. The average molecular weight is 295 g/mol. The Kier molecular flexibility index (Phi) is 4.35. The zero-order chi connectivity index (χ0) is 14.6. The fourth-order valence-electron chi connectivity index (χ4n) is 1.75. The first-order valence-electron chi connectivity index (χ1n) is 6.24. The Hall–Kier alpha value is -1.93. The monoisotopic (exact) mass is 295 g/mol. The molecule has 1 unspecified atom stereocenters.